The van der Waals surface area contributed by atoms with Crippen LogP contribution in [-0.2, 0) is 14.8 Å². The van der Waals surface area contributed by atoms with Gasteiger partial charge in [0.15, 0.2) is 0 Å². The number of nitrogens with two attached hydrogens (primary N) is 1. The van der Waals surface area contributed by atoms with E-state index in [4.69, 9.17) is 5.73 Å². The lowest BCUT2D eigenvalue weighted by molar-refractivity contribution is -0.132. The van der Waals surface area contributed by atoms with Crippen LogP contribution in [0.15, 0.2) is 29.2 Å². The van der Waals surface area contributed by atoms with Crippen LogP contribution in [0, 0.1) is 29.6 Å². The number of sulfonamides is 1. The van der Waals surface area contributed by atoms with Crippen LogP contribution < -0.4 is 15.8 Å². The predicted octanol–water partition coefficient (Wildman–Crippen LogP) is 1.93. The molecule has 1 aromatic carbocycles. The molecule has 4 aliphatic carbocycles. The van der Waals surface area contributed by atoms with Gasteiger partial charge >= 0.3 is 0 Å². The molecule has 0 aromatic heterocycles. The van der Waals surface area contributed by atoms with E-state index in [9.17, 15) is 13.2 Å². The highest BCUT2D eigenvalue weighted by Crippen LogP contribution is 2.56. The van der Waals surface area contributed by atoms with E-state index in [-0.39, 0.29) is 29.8 Å². The molecule has 4 fully saturated rings. The number of carbonyl (C=O) groups is 1. The number of hydrogen-bond acceptors (Lipinski definition) is 4. The summed E-state index contributed by atoms with van der Waals surface area (Å²) in [6, 6.07) is 6.45. The van der Waals surface area contributed by atoms with Crippen molar-refractivity contribution in [1.29, 1.82) is 0 Å². The van der Waals surface area contributed by atoms with Gasteiger partial charge in [-0.15, -0.1) is 0 Å². The summed E-state index contributed by atoms with van der Waals surface area (Å²) in [4.78, 5) is 13.1. The van der Waals surface area contributed by atoms with Gasteiger partial charge in [-0.05, 0) is 74.0 Å². The molecule has 0 unspecified atom stereocenters. The summed E-state index contributed by atoms with van der Waals surface area (Å²) in [5.41, 5.74) is 5.91. The third kappa shape index (κ3) is 3.40. The topological polar surface area (TPSA) is 101 Å². The minimum Gasteiger partial charge on any atom is -0.329 e. The summed E-state index contributed by atoms with van der Waals surface area (Å²) in [5, 5.41) is 2.98. The first kappa shape index (κ1) is 17.9. The first-order valence-corrected chi connectivity index (χ1v) is 11.0. The van der Waals surface area contributed by atoms with E-state index in [1.807, 2.05) is 0 Å². The molecule has 0 aliphatic heterocycles. The maximum atomic E-state index is 12.9. The molecule has 0 radical (unpaired) electrons. The van der Waals surface area contributed by atoms with Crippen molar-refractivity contribution in [3.63, 3.8) is 0 Å². The zero-order chi connectivity index (χ0) is 18.3. The average Bonchev–Trinajstić information content (AvgIpc) is 2.59. The van der Waals surface area contributed by atoms with Crippen LogP contribution in [0.25, 0.3) is 0 Å². The van der Waals surface area contributed by atoms with Crippen LogP contribution in [0.4, 0.5) is 5.69 Å². The highest BCUT2D eigenvalue weighted by atomic mass is 32.2. The molecule has 4 bridgehead atoms. The molecular weight excluding hydrogens is 350 g/mol. The van der Waals surface area contributed by atoms with Crippen molar-refractivity contribution < 1.29 is 13.2 Å². The number of carbonyl (C=O) groups excluding carboxylic acids is 1. The van der Waals surface area contributed by atoms with E-state index < -0.39 is 10.0 Å². The van der Waals surface area contributed by atoms with Crippen molar-refractivity contribution >= 4 is 21.6 Å². The fraction of sp³-hybridized carbons (Fsp3) is 0.632. The van der Waals surface area contributed by atoms with Crippen molar-refractivity contribution in [3.8, 4) is 0 Å². The third-order valence-corrected chi connectivity index (χ3v) is 7.84. The summed E-state index contributed by atoms with van der Waals surface area (Å²) in [5.74, 6) is 2.79. The summed E-state index contributed by atoms with van der Waals surface area (Å²) >= 11 is 0. The molecular formula is C19H27N3O3S. The molecule has 26 heavy (non-hydrogen) atoms. The molecule has 0 spiro atoms. The fourth-order valence-electron chi connectivity index (χ4n) is 5.60. The van der Waals surface area contributed by atoms with Gasteiger partial charge in [-0.2, -0.15) is 0 Å². The lowest BCUT2D eigenvalue weighted by Gasteiger charge is -2.53. The Bertz CT molecular complexity index is 765. The molecule has 4 saturated carbocycles. The molecule has 4 N–H and O–H groups in total. The fourth-order valence-corrected chi connectivity index (χ4v) is 6.69. The SMILES string of the molecule is NCCNS(=O)(=O)c1cccc(NC(=O)C2C3CC4CC(C3)CC2C4)c1. The predicted molar refractivity (Wildman–Crippen MR) is 99.8 cm³/mol. The zero-order valence-electron chi connectivity index (χ0n) is 14.9. The second kappa shape index (κ2) is 6.94. The Balaban J connectivity index is 1.48. The van der Waals surface area contributed by atoms with Crippen LogP contribution >= 0.6 is 0 Å². The number of benzene rings is 1. The molecule has 0 saturated heterocycles. The smallest absolute Gasteiger partial charge is 0.240 e. The quantitative estimate of drug-likeness (QED) is 0.705. The van der Waals surface area contributed by atoms with Crippen LogP contribution in [0.5, 0.6) is 0 Å². The Morgan fingerprint density at radius 2 is 1.73 bits per heavy atom. The van der Waals surface area contributed by atoms with Gasteiger partial charge in [0.25, 0.3) is 0 Å². The normalized spacial score (nSPS) is 32.6. The maximum absolute atomic E-state index is 12.9. The first-order chi connectivity index (χ1) is 12.5. The van der Waals surface area contributed by atoms with Crippen LogP contribution in [-0.4, -0.2) is 27.4 Å². The Hall–Kier alpha value is -1.44. The van der Waals surface area contributed by atoms with E-state index in [1.165, 1.54) is 44.2 Å². The largest absolute Gasteiger partial charge is 0.329 e. The summed E-state index contributed by atoms with van der Waals surface area (Å²) in [7, 11) is -3.60. The molecule has 1 aromatic rings. The maximum Gasteiger partial charge on any atom is 0.240 e. The Kier molecular flexibility index (Phi) is 4.79. The molecule has 1 amide bonds. The highest BCUT2D eigenvalue weighted by Gasteiger charge is 2.50. The highest BCUT2D eigenvalue weighted by molar-refractivity contribution is 7.89. The van der Waals surface area contributed by atoms with E-state index in [2.05, 4.69) is 10.0 Å². The van der Waals surface area contributed by atoms with Gasteiger partial charge in [-0.25, -0.2) is 13.1 Å². The van der Waals surface area contributed by atoms with Gasteiger partial charge in [-0.3, -0.25) is 4.79 Å². The Labute approximate surface area is 155 Å². The summed E-state index contributed by atoms with van der Waals surface area (Å²) < 4.78 is 26.9. The zero-order valence-corrected chi connectivity index (χ0v) is 15.7. The number of nitrogens with one attached hydrogen (secondary N) is 2. The van der Waals surface area contributed by atoms with Gasteiger partial charge in [0.05, 0.1) is 4.90 Å². The number of hydrogen-bond donors (Lipinski definition) is 3. The molecule has 0 atom stereocenters. The second-order valence-electron chi connectivity index (χ2n) is 8.16. The number of amides is 1. The summed E-state index contributed by atoms with van der Waals surface area (Å²) in [6.07, 6.45) is 6.09. The Morgan fingerprint density at radius 3 is 2.35 bits per heavy atom. The third-order valence-electron chi connectivity index (χ3n) is 6.38. The molecule has 6 nitrogen and oxygen atoms in total. The van der Waals surface area contributed by atoms with Crippen molar-refractivity contribution in [3.05, 3.63) is 24.3 Å². The van der Waals surface area contributed by atoms with Crippen LogP contribution in [0.3, 0.4) is 0 Å². The second-order valence-corrected chi connectivity index (χ2v) is 9.93. The van der Waals surface area contributed by atoms with E-state index in [0.29, 0.717) is 17.5 Å². The van der Waals surface area contributed by atoms with Crippen LogP contribution in [0.2, 0.25) is 0 Å². The molecule has 142 valence electrons. The lowest BCUT2D eigenvalue weighted by atomic mass is 9.51. The monoisotopic (exact) mass is 377 g/mol. The standard InChI is InChI=1S/C19H27N3O3S/c20-4-5-21-26(24,25)17-3-1-2-16(11-17)22-19(23)18-14-7-12-6-13(9-14)10-15(18)8-12/h1-3,11-15,18,21H,4-10,20H2,(H,22,23). The van der Waals surface area contributed by atoms with Crippen LogP contribution in [0.1, 0.15) is 32.1 Å². The minimum atomic E-state index is -3.60. The Morgan fingerprint density at radius 1 is 1.08 bits per heavy atom. The molecule has 4 aliphatic rings. The lowest BCUT2D eigenvalue weighted by Crippen LogP contribution is -2.49. The number of anilines is 1. The van der Waals surface area contributed by atoms with Gasteiger partial charge in [0.1, 0.15) is 0 Å². The van der Waals surface area contributed by atoms with Crippen molar-refractivity contribution in [2.24, 2.45) is 35.3 Å². The summed E-state index contributed by atoms with van der Waals surface area (Å²) in [6.45, 7) is 0.425. The van der Waals surface area contributed by atoms with Crippen molar-refractivity contribution in [2.75, 3.05) is 18.4 Å². The molecule has 0 heterocycles. The van der Waals surface area contributed by atoms with Crippen molar-refractivity contribution in [1.82, 2.24) is 4.72 Å². The minimum absolute atomic E-state index is 0.0586. The van der Waals surface area contributed by atoms with Gasteiger partial charge < -0.3 is 11.1 Å². The van der Waals surface area contributed by atoms with Crippen molar-refractivity contribution in [2.45, 2.75) is 37.0 Å². The van der Waals surface area contributed by atoms with Gasteiger partial charge in [0.2, 0.25) is 15.9 Å². The van der Waals surface area contributed by atoms with Gasteiger partial charge in [0, 0.05) is 24.7 Å². The van der Waals surface area contributed by atoms with Gasteiger partial charge in [-0.1, -0.05) is 6.07 Å². The molecule has 5 rings (SSSR count). The molecule has 7 heteroatoms. The van der Waals surface area contributed by atoms with E-state index >= 15 is 0 Å². The first-order valence-electron chi connectivity index (χ1n) is 9.57. The van der Waals surface area contributed by atoms with E-state index in [1.54, 1.807) is 12.1 Å². The number of rotatable bonds is 6. The van der Waals surface area contributed by atoms with E-state index in [0.717, 1.165) is 11.8 Å². The average molecular weight is 378 g/mol.